The molecule has 0 saturated heterocycles. The largest absolute Gasteiger partial charge is 0.493 e. The molecular formula is C20H16N2O2S. The van der Waals surface area contributed by atoms with Gasteiger partial charge in [0.2, 0.25) is 5.88 Å². The van der Waals surface area contributed by atoms with E-state index in [0.29, 0.717) is 11.4 Å². The third-order valence-electron chi connectivity index (χ3n) is 4.16. The predicted molar refractivity (Wildman–Crippen MR) is 103 cm³/mol. The first-order chi connectivity index (χ1) is 12.1. The molecule has 1 aliphatic heterocycles. The summed E-state index contributed by atoms with van der Waals surface area (Å²) in [6.07, 6.45) is 3.59. The third kappa shape index (κ3) is 2.94. The van der Waals surface area contributed by atoms with Crippen LogP contribution in [0, 0.1) is 6.92 Å². The van der Waals surface area contributed by atoms with Crippen LogP contribution in [0.5, 0.6) is 5.88 Å². The lowest BCUT2D eigenvalue weighted by molar-refractivity contribution is 0.420. The van der Waals surface area contributed by atoms with Gasteiger partial charge >= 0.3 is 4.87 Å². The standard InChI is InChI=1S/C20H16N2O2S/c1-13-5-4-6-14(9-13)12-22-19(23)18(25-20(22)24)10-15-11-21-17-8-3-2-7-16(15)17/h2-11,23H,12H2,1H3. The van der Waals surface area contributed by atoms with Gasteiger partial charge in [-0.2, -0.15) is 0 Å². The van der Waals surface area contributed by atoms with Gasteiger partial charge in [0, 0.05) is 17.4 Å². The van der Waals surface area contributed by atoms with Gasteiger partial charge in [-0.3, -0.25) is 14.4 Å². The molecule has 0 aliphatic carbocycles. The van der Waals surface area contributed by atoms with Crippen molar-refractivity contribution in [3.05, 3.63) is 79.8 Å². The van der Waals surface area contributed by atoms with Crippen molar-refractivity contribution in [3.8, 4) is 5.88 Å². The number of aromatic hydroxyl groups is 1. The lowest BCUT2D eigenvalue weighted by atomic mass is 10.1. The van der Waals surface area contributed by atoms with E-state index < -0.39 is 0 Å². The van der Waals surface area contributed by atoms with Crippen molar-refractivity contribution in [1.82, 2.24) is 4.57 Å². The maximum absolute atomic E-state index is 12.3. The molecule has 1 N–H and O–H groups in total. The molecule has 5 heteroatoms. The summed E-state index contributed by atoms with van der Waals surface area (Å²) in [6.45, 7) is 2.36. The minimum atomic E-state index is -0.172. The number of hydrogen-bond acceptors (Lipinski definition) is 4. The van der Waals surface area contributed by atoms with E-state index in [9.17, 15) is 9.90 Å². The molecule has 0 saturated carbocycles. The van der Waals surface area contributed by atoms with Crippen LogP contribution in [-0.4, -0.2) is 15.9 Å². The van der Waals surface area contributed by atoms with Crippen molar-refractivity contribution in [2.75, 3.05) is 0 Å². The van der Waals surface area contributed by atoms with E-state index in [4.69, 9.17) is 0 Å². The Bertz CT molecular complexity index is 1070. The zero-order valence-electron chi connectivity index (χ0n) is 13.6. The van der Waals surface area contributed by atoms with Crippen molar-refractivity contribution in [2.45, 2.75) is 13.5 Å². The van der Waals surface area contributed by atoms with Crippen LogP contribution < -0.4 is 4.87 Å². The highest BCUT2D eigenvalue weighted by Crippen LogP contribution is 2.34. The molecule has 0 unspecified atom stereocenters. The van der Waals surface area contributed by atoms with Crippen LogP contribution in [0.3, 0.4) is 0 Å². The molecule has 25 heavy (non-hydrogen) atoms. The van der Waals surface area contributed by atoms with Gasteiger partial charge in [-0.1, -0.05) is 59.4 Å². The van der Waals surface area contributed by atoms with Crippen LogP contribution in [-0.2, 0) is 6.54 Å². The molecule has 3 aromatic rings. The lowest BCUT2D eigenvalue weighted by Crippen LogP contribution is -2.13. The normalized spacial score (nSPS) is 14.2. The summed E-state index contributed by atoms with van der Waals surface area (Å²) in [5, 5.41) is 10.5. The molecule has 124 valence electrons. The Labute approximate surface area is 149 Å². The monoisotopic (exact) mass is 348 g/mol. The number of para-hydroxylation sites is 1. The first-order valence-electron chi connectivity index (χ1n) is 7.95. The molecule has 0 bridgehead atoms. The van der Waals surface area contributed by atoms with Crippen molar-refractivity contribution < 1.29 is 5.11 Å². The molecule has 2 aromatic carbocycles. The number of benzene rings is 2. The van der Waals surface area contributed by atoms with Crippen LogP contribution in [0.4, 0.5) is 5.69 Å². The van der Waals surface area contributed by atoms with Gasteiger partial charge < -0.3 is 5.11 Å². The first kappa shape index (κ1) is 15.6. The molecule has 0 fully saturated rings. The zero-order chi connectivity index (χ0) is 17.4. The number of hydrogen-bond donors (Lipinski definition) is 1. The number of allylic oxidation sites excluding steroid dienone is 1. The average molecular weight is 348 g/mol. The summed E-state index contributed by atoms with van der Waals surface area (Å²) in [5.74, 6) is 0.00165. The Kier molecular flexibility index (Phi) is 3.86. The Hall–Kier alpha value is -2.92. The highest BCUT2D eigenvalue weighted by Gasteiger charge is 2.16. The molecule has 1 aromatic heterocycles. The molecule has 0 spiro atoms. The van der Waals surface area contributed by atoms with Gasteiger partial charge in [-0.05, 0) is 24.6 Å². The highest BCUT2D eigenvalue weighted by molar-refractivity contribution is 7.10. The Morgan fingerprint density at radius 1 is 1.20 bits per heavy atom. The van der Waals surface area contributed by atoms with Gasteiger partial charge in [-0.15, -0.1) is 0 Å². The van der Waals surface area contributed by atoms with E-state index in [2.05, 4.69) is 4.99 Å². The molecule has 0 atom stereocenters. The van der Waals surface area contributed by atoms with Crippen molar-refractivity contribution in [1.29, 1.82) is 0 Å². The van der Waals surface area contributed by atoms with Crippen LogP contribution in [0.1, 0.15) is 21.6 Å². The minimum Gasteiger partial charge on any atom is -0.493 e. The van der Waals surface area contributed by atoms with Gasteiger partial charge in [0.15, 0.2) is 0 Å². The first-order valence-corrected chi connectivity index (χ1v) is 8.77. The SMILES string of the molecule is Cc1cccc(Cn2c(O)c(C=C3C=Nc4ccccc43)sc2=O)c1. The van der Waals surface area contributed by atoms with Crippen LogP contribution >= 0.6 is 11.3 Å². The fourth-order valence-corrected chi connectivity index (χ4v) is 3.77. The van der Waals surface area contributed by atoms with Crippen molar-refractivity contribution in [3.63, 3.8) is 0 Å². The summed E-state index contributed by atoms with van der Waals surface area (Å²) in [4.78, 5) is 17.1. The fraction of sp³-hybridized carbons (Fsp3) is 0.100. The average Bonchev–Trinajstić information content (AvgIpc) is 3.12. The van der Waals surface area contributed by atoms with E-state index in [1.165, 1.54) is 4.57 Å². The van der Waals surface area contributed by atoms with Gasteiger partial charge in [0.25, 0.3) is 0 Å². The van der Waals surface area contributed by atoms with Crippen LogP contribution in [0.2, 0.25) is 0 Å². The molecule has 4 rings (SSSR count). The van der Waals surface area contributed by atoms with Crippen molar-refractivity contribution in [2.24, 2.45) is 4.99 Å². The predicted octanol–water partition coefficient (Wildman–Crippen LogP) is 4.23. The van der Waals surface area contributed by atoms with E-state index in [1.54, 1.807) is 6.21 Å². The quantitative estimate of drug-likeness (QED) is 0.770. The molecule has 0 amide bonds. The van der Waals surface area contributed by atoms with Crippen LogP contribution in [0.25, 0.3) is 11.6 Å². The number of nitrogens with zero attached hydrogens (tertiary/aromatic N) is 2. The van der Waals surface area contributed by atoms with Crippen LogP contribution in [0.15, 0.2) is 58.3 Å². The Morgan fingerprint density at radius 3 is 2.88 bits per heavy atom. The number of aromatic nitrogens is 1. The molecule has 0 radical (unpaired) electrons. The second-order valence-corrected chi connectivity index (χ2v) is 7.00. The zero-order valence-corrected chi connectivity index (χ0v) is 14.5. The van der Waals surface area contributed by atoms with Gasteiger partial charge in [0.1, 0.15) is 0 Å². The van der Waals surface area contributed by atoms with E-state index in [-0.39, 0.29) is 10.8 Å². The maximum atomic E-state index is 12.3. The number of rotatable bonds is 3. The van der Waals surface area contributed by atoms with Gasteiger partial charge in [-0.25, -0.2) is 0 Å². The number of aliphatic imine (C=N–C) groups is 1. The fourth-order valence-electron chi connectivity index (χ4n) is 2.94. The molecule has 2 heterocycles. The topological polar surface area (TPSA) is 54.6 Å². The number of aryl methyl sites for hydroxylation is 1. The summed E-state index contributed by atoms with van der Waals surface area (Å²) in [7, 11) is 0. The smallest absolute Gasteiger partial charge is 0.310 e. The molecule has 4 nitrogen and oxygen atoms in total. The third-order valence-corrected chi connectivity index (χ3v) is 5.08. The second kappa shape index (κ2) is 6.18. The maximum Gasteiger partial charge on any atom is 0.310 e. The Morgan fingerprint density at radius 2 is 2.04 bits per heavy atom. The van der Waals surface area contributed by atoms with E-state index >= 15 is 0 Å². The summed E-state index contributed by atoms with van der Waals surface area (Å²) < 4.78 is 1.41. The summed E-state index contributed by atoms with van der Waals surface area (Å²) in [6, 6.07) is 15.7. The lowest BCUT2D eigenvalue weighted by Gasteiger charge is -2.05. The molecule has 1 aliphatic rings. The van der Waals surface area contributed by atoms with Crippen molar-refractivity contribution >= 4 is 34.9 Å². The highest BCUT2D eigenvalue weighted by atomic mass is 32.1. The van der Waals surface area contributed by atoms with E-state index in [1.807, 2.05) is 61.5 Å². The van der Waals surface area contributed by atoms with Gasteiger partial charge in [0.05, 0.1) is 17.1 Å². The second-order valence-electron chi connectivity index (χ2n) is 6.01. The van der Waals surface area contributed by atoms with E-state index in [0.717, 1.165) is 39.3 Å². The minimum absolute atomic E-state index is 0.00165. The summed E-state index contributed by atoms with van der Waals surface area (Å²) in [5.41, 5.74) is 4.92. The molecular weight excluding hydrogens is 332 g/mol. The number of thiazole rings is 1. The summed E-state index contributed by atoms with van der Waals surface area (Å²) >= 11 is 1.05. The Balaban J connectivity index is 1.71. The number of fused-ring (bicyclic) bond motifs is 1.